The summed E-state index contributed by atoms with van der Waals surface area (Å²) in [6.07, 6.45) is 18.0. The van der Waals surface area contributed by atoms with E-state index in [4.69, 9.17) is 16.6 Å². The Morgan fingerprint density at radius 3 is 2.28 bits per heavy atom. The van der Waals surface area contributed by atoms with Crippen LogP contribution in [-0.4, -0.2) is 12.3 Å². The van der Waals surface area contributed by atoms with Crippen LogP contribution in [0.15, 0.2) is 23.2 Å². The van der Waals surface area contributed by atoms with E-state index in [1.165, 1.54) is 93.9 Å². The number of rotatable bonds is 6. The highest BCUT2D eigenvalue weighted by atomic mass is 35.5. The van der Waals surface area contributed by atoms with Crippen LogP contribution >= 0.6 is 11.6 Å². The first-order valence-corrected chi connectivity index (χ1v) is 12.8. The summed E-state index contributed by atoms with van der Waals surface area (Å²) in [5.74, 6) is 3.83. The van der Waals surface area contributed by atoms with Gasteiger partial charge in [0.25, 0.3) is 0 Å². The molecular weight excluding hydrogens is 374 g/mol. The maximum atomic E-state index is 6.91. The molecule has 2 heteroatoms. The van der Waals surface area contributed by atoms with Crippen molar-refractivity contribution in [3.8, 4) is 0 Å². The molecule has 0 aromatic heterocycles. The quantitative estimate of drug-likeness (QED) is 0.423. The van der Waals surface area contributed by atoms with E-state index < -0.39 is 0 Å². The van der Waals surface area contributed by atoms with Gasteiger partial charge in [-0.15, -0.1) is 0 Å². The van der Waals surface area contributed by atoms with Gasteiger partial charge in [-0.05, 0) is 98.1 Å². The van der Waals surface area contributed by atoms with Crippen LogP contribution in [0.1, 0.15) is 95.1 Å². The smallest absolute Gasteiger partial charge is 0.0446 e. The molecule has 158 valence electrons. The Bertz CT molecular complexity index is 723. The minimum Gasteiger partial charge on any atom is -0.294 e. The van der Waals surface area contributed by atoms with Crippen LogP contribution in [0.4, 0.5) is 0 Å². The lowest BCUT2D eigenvalue weighted by Crippen LogP contribution is -2.48. The Morgan fingerprint density at radius 2 is 1.66 bits per heavy atom. The van der Waals surface area contributed by atoms with Crippen molar-refractivity contribution in [3.63, 3.8) is 0 Å². The minimum absolute atomic E-state index is 0.396. The summed E-state index contributed by atoms with van der Waals surface area (Å²) < 4.78 is 0. The fraction of sp³-hybridized carbons (Fsp3) is 0.741. The van der Waals surface area contributed by atoms with E-state index in [1.807, 2.05) is 0 Å². The molecule has 0 heterocycles. The summed E-state index contributed by atoms with van der Waals surface area (Å²) in [6, 6.07) is 7.00. The number of benzene rings is 1. The number of aliphatic imine (C=N–C) groups is 1. The monoisotopic (exact) mass is 411 g/mol. The van der Waals surface area contributed by atoms with Gasteiger partial charge in [0.1, 0.15) is 0 Å². The molecule has 0 N–H and O–H groups in total. The minimum atomic E-state index is 0.396. The molecule has 0 saturated heterocycles. The third-order valence-electron chi connectivity index (χ3n) is 8.75. The second-order valence-electron chi connectivity index (χ2n) is 11.1. The van der Waals surface area contributed by atoms with Gasteiger partial charge in [-0.1, -0.05) is 55.8 Å². The molecule has 0 atom stereocenters. The van der Waals surface area contributed by atoms with Crippen LogP contribution in [0.3, 0.4) is 0 Å². The zero-order valence-corrected chi connectivity index (χ0v) is 19.0. The maximum absolute atomic E-state index is 6.91. The fourth-order valence-electron chi connectivity index (χ4n) is 7.80. The average Bonchev–Trinajstić information content (AvgIpc) is 2.67. The Hall–Kier alpha value is -0.820. The zero-order valence-electron chi connectivity index (χ0n) is 18.3. The molecule has 5 fully saturated rings. The predicted molar refractivity (Wildman–Crippen MR) is 124 cm³/mol. The zero-order chi connectivity index (χ0) is 19.8. The first kappa shape index (κ1) is 20.1. The Morgan fingerprint density at radius 1 is 1.00 bits per heavy atom. The molecule has 1 nitrogen and oxygen atoms in total. The molecule has 4 bridgehead atoms. The Labute approximate surface area is 182 Å². The van der Waals surface area contributed by atoms with Crippen LogP contribution in [0.25, 0.3) is 0 Å². The summed E-state index contributed by atoms with van der Waals surface area (Å²) in [5.41, 5.74) is 4.46. The van der Waals surface area contributed by atoms with Gasteiger partial charge in [0.2, 0.25) is 0 Å². The van der Waals surface area contributed by atoms with Crippen LogP contribution in [-0.2, 0) is 11.8 Å². The number of nitrogens with zero attached hydrogens (tertiary/aromatic N) is 1. The molecule has 0 spiro atoms. The molecule has 0 unspecified atom stereocenters. The molecular formula is C27H38ClN. The van der Waals surface area contributed by atoms with Crippen LogP contribution in [0.2, 0.25) is 5.02 Å². The molecule has 6 rings (SSSR count). The average molecular weight is 412 g/mol. The molecule has 0 amide bonds. The molecule has 29 heavy (non-hydrogen) atoms. The van der Waals surface area contributed by atoms with E-state index in [9.17, 15) is 0 Å². The summed E-state index contributed by atoms with van der Waals surface area (Å²) in [5, 5.41) is 1.03. The first-order chi connectivity index (χ1) is 14.1. The van der Waals surface area contributed by atoms with Gasteiger partial charge in [-0.25, -0.2) is 0 Å². The van der Waals surface area contributed by atoms with Gasteiger partial charge in [-0.3, -0.25) is 4.99 Å². The van der Waals surface area contributed by atoms with E-state index in [1.54, 1.807) is 0 Å². The standard InChI is InChI=1S/C27H38ClN/c1-19(29-10-9-20-5-3-2-4-6-20)11-21-7-8-25(26(28)15-21)27-16-22-12-23(17-27)14-24(13-22)18-27/h7-8,15,20,22-24H,2-6,9-14,16-18H2,1H3. The summed E-state index contributed by atoms with van der Waals surface area (Å²) >= 11 is 6.91. The van der Waals surface area contributed by atoms with Crippen molar-refractivity contribution in [2.75, 3.05) is 6.54 Å². The second-order valence-corrected chi connectivity index (χ2v) is 11.5. The second kappa shape index (κ2) is 8.37. The third-order valence-corrected chi connectivity index (χ3v) is 9.06. The first-order valence-electron chi connectivity index (χ1n) is 12.4. The topological polar surface area (TPSA) is 12.4 Å². The van der Waals surface area contributed by atoms with E-state index in [0.29, 0.717) is 5.41 Å². The Balaban J connectivity index is 1.22. The lowest BCUT2D eigenvalue weighted by molar-refractivity contribution is -0.00514. The molecule has 5 aliphatic rings. The van der Waals surface area contributed by atoms with Gasteiger partial charge >= 0.3 is 0 Å². The molecule has 5 aliphatic carbocycles. The lowest BCUT2D eigenvalue weighted by atomic mass is 9.48. The normalized spacial score (nSPS) is 34.7. The highest BCUT2D eigenvalue weighted by molar-refractivity contribution is 6.31. The largest absolute Gasteiger partial charge is 0.294 e. The van der Waals surface area contributed by atoms with Gasteiger partial charge in [-0.2, -0.15) is 0 Å². The third kappa shape index (κ3) is 4.32. The maximum Gasteiger partial charge on any atom is 0.0446 e. The number of hydrogen-bond donors (Lipinski definition) is 0. The van der Waals surface area contributed by atoms with Crippen molar-refractivity contribution in [2.45, 2.75) is 95.8 Å². The summed E-state index contributed by atoms with van der Waals surface area (Å²) in [7, 11) is 0. The van der Waals surface area contributed by atoms with Gasteiger partial charge in [0.05, 0.1) is 0 Å². The van der Waals surface area contributed by atoms with Gasteiger partial charge < -0.3 is 0 Å². The van der Waals surface area contributed by atoms with Crippen LogP contribution in [0, 0.1) is 23.7 Å². The summed E-state index contributed by atoms with van der Waals surface area (Å²) in [6.45, 7) is 3.21. The fourth-order valence-corrected chi connectivity index (χ4v) is 8.21. The molecule has 1 aromatic rings. The van der Waals surface area contributed by atoms with E-state index in [-0.39, 0.29) is 0 Å². The molecule has 0 radical (unpaired) electrons. The van der Waals surface area contributed by atoms with Gasteiger partial charge in [0.15, 0.2) is 0 Å². The predicted octanol–water partition coefficient (Wildman–Crippen LogP) is 7.78. The molecule has 1 aromatic carbocycles. The van der Waals surface area contributed by atoms with Crippen molar-refractivity contribution < 1.29 is 0 Å². The molecule has 5 saturated carbocycles. The number of hydrogen-bond acceptors (Lipinski definition) is 1. The van der Waals surface area contributed by atoms with E-state index >= 15 is 0 Å². The number of halogens is 1. The van der Waals surface area contributed by atoms with Crippen molar-refractivity contribution in [1.29, 1.82) is 0 Å². The highest BCUT2D eigenvalue weighted by Crippen LogP contribution is 2.61. The van der Waals surface area contributed by atoms with E-state index in [2.05, 4.69) is 25.1 Å². The summed E-state index contributed by atoms with van der Waals surface area (Å²) in [4.78, 5) is 4.89. The van der Waals surface area contributed by atoms with Crippen LogP contribution in [0.5, 0.6) is 0 Å². The molecule has 0 aliphatic heterocycles. The van der Waals surface area contributed by atoms with E-state index in [0.717, 1.165) is 41.7 Å². The van der Waals surface area contributed by atoms with Crippen molar-refractivity contribution in [1.82, 2.24) is 0 Å². The van der Waals surface area contributed by atoms with Crippen molar-refractivity contribution >= 4 is 17.3 Å². The van der Waals surface area contributed by atoms with Crippen molar-refractivity contribution in [3.05, 3.63) is 34.3 Å². The van der Waals surface area contributed by atoms with Crippen molar-refractivity contribution in [2.24, 2.45) is 28.7 Å². The van der Waals surface area contributed by atoms with Crippen LogP contribution < -0.4 is 0 Å². The Kier molecular flexibility index (Phi) is 5.80. The highest BCUT2D eigenvalue weighted by Gasteiger charge is 2.52. The lowest BCUT2D eigenvalue weighted by Gasteiger charge is -2.57. The van der Waals surface area contributed by atoms with Gasteiger partial charge in [0, 0.05) is 23.7 Å². The SMILES string of the molecule is CC(Cc1ccc(C23CC4CC(CC(C4)C2)C3)c(Cl)c1)=NCCC1CCCCC1.